The highest BCUT2D eigenvalue weighted by molar-refractivity contribution is 6.31. The SMILES string of the molecule is COC[C@H]1C[C@@H](C2=CN(CCC(=O)O)C(=O)N[C@@]2(C)c2ccc(CCC(C)(C)C)c(Cl)c2)C1. The van der Waals surface area contributed by atoms with Crippen molar-refractivity contribution in [3.8, 4) is 0 Å². The van der Waals surface area contributed by atoms with Crippen LogP contribution in [-0.4, -0.2) is 42.3 Å². The summed E-state index contributed by atoms with van der Waals surface area (Å²) in [5, 5.41) is 13.0. The Morgan fingerprint density at radius 3 is 2.61 bits per heavy atom. The van der Waals surface area contributed by atoms with E-state index in [0.717, 1.165) is 49.0 Å². The zero-order valence-electron chi connectivity index (χ0n) is 20.4. The maximum Gasteiger partial charge on any atom is 0.322 e. The van der Waals surface area contributed by atoms with Crippen molar-refractivity contribution in [2.75, 3.05) is 20.3 Å². The van der Waals surface area contributed by atoms with E-state index in [4.69, 9.17) is 21.4 Å². The van der Waals surface area contributed by atoms with E-state index in [1.165, 1.54) is 4.90 Å². The fourth-order valence-corrected chi connectivity index (χ4v) is 5.06. The highest BCUT2D eigenvalue weighted by atomic mass is 35.5. The number of hydrogen-bond donors (Lipinski definition) is 2. The number of aliphatic carboxylic acids is 1. The third-order valence-electron chi connectivity index (χ3n) is 6.91. The van der Waals surface area contributed by atoms with E-state index >= 15 is 0 Å². The van der Waals surface area contributed by atoms with Crippen molar-refractivity contribution >= 4 is 23.6 Å². The van der Waals surface area contributed by atoms with E-state index in [2.05, 4.69) is 38.2 Å². The first-order chi connectivity index (χ1) is 15.4. The van der Waals surface area contributed by atoms with Gasteiger partial charge in [-0.3, -0.25) is 4.79 Å². The quantitative estimate of drug-likeness (QED) is 0.487. The van der Waals surface area contributed by atoms with Gasteiger partial charge in [-0.2, -0.15) is 0 Å². The fourth-order valence-electron chi connectivity index (χ4n) is 4.78. The monoisotopic (exact) mass is 476 g/mol. The second-order valence-corrected chi connectivity index (χ2v) is 11.2. The first kappa shape index (κ1) is 25.6. The molecule has 1 aromatic rings. The van der Waals surface area contributed by atoms with Crippen molar-refractivity contribution in [2.45, 2.75) is 65.3 Å². The lowest BCUT2D eigenvalue weighted by Gasteiger charge is -2.48. The molecule has 7 heteroatoms. The third kappa shape index (κ3) is 6.10. The molecular formula is C26H37ClN2O4. The molecule has 1 saturated carbocycles. The molecule has 1 heterocycles. The molecule has 1 aliphatic carbocycles. The summed E-state index contributed by atoms with van der Waals surface area (Å²) in [6.45, 7) is 9.55. The van der Waals surface area contributed by atoms with Gasteiger partial charge in [0.05, 0.1) is 12.0 Å². The van der Waals surface area contributed by atoms with Crippen molar-refractivity contribution in [3.05, 3.63) is 46.1 Å². The van der Waals surface area contributed by atoms with Gasteiger partial charge in [-0.1, -0.05) is 44.5 Å². The largest absolute Gasteiger partial charge is 0.481 e. The molecule has 2 amide bonds. The van der Waals surface area contributed by atoms with E-state index in [-0.39, 0.29) is 24.4 Å². The maximum atomic E-state index is 12.9. The van der Waals surface area contributed by atoms with Crippen LogP contribution in [0.3, 0.4) is 0 Å². The van der Waals surface area contributed by atoms with E-state index in [9.17, 15) is 9.59 Å². The average Bonchev–Trinajstić information content (AvgIpc) is 2.68. The van der Waals surface area contributed by atoms with Crippen LogP contribution in [0.15, 0.2) is 30.0 Å². The van der Waals surface area contributed by atoms with Crippen LogP contribution >= 0.6 is 11.6 Å². The molecule has 0 radical (unpaired) electrons. The van der Waals surface area contributed by atoms with Crippen LogP contribution in [0.1, 0.15) is 64.5 Å². The molecule has 0 bridgehead atoms. The molecule has 3 rings (SSSR count). The number of carbonyl (C=O) groups is 2. The Labute approximate surface area is 202 Å². The predicted molar refractivity (Wildman–Crippen MR) is 130 cm³/mol. The minimum absolute atomic E-state index is 0.0980. The van der Waals surface area contributed by atoms with Crippen LogP contribution in [-0.2, 0) is 21.5 Å². The number of carboxylic acid groups (broad SMARTS) is 1. The highest BCUT2D eigenvalue weighted by Crippen LogP contribution is 2.47. The van der Waals surface area contributed by atoms with Crippen LogP contribution < -0.4 is 5.32 Å². The topological polar surface area (TPSA) is 78.9 Å². The molecular weight excluding hydrogens is 440 g/mol. The number of nitrogens with one attached hydrogen (secondary N) is 1. The van der Waals surface area contributed by atoms with Crippen LogP contribution in [0.2, 0.25) is 5.02 Å². The number of ether oxygens (including phenoxy) is 1. The summed E-state index contributed by atoms with van der Waals surface area (Å²) < 4.78 is 5.31. The number of benzene rings is 1. The molecule has 182 valence electrons. The number of rotatable bonds is 9. The Hall–Kier alpha value is -2.05. The van der Waals surface area contributed by atoms with E-state index in [1.807, 2.05) is 19.2 Å². The number of halogens is 1. The minimum atomic E-state index is -0.924. The molecule has 33 heavy (non-hydrogen) atoms. The Bertz CT molecular complexity index is 917. The lowest BCUT2D eigenvalue weighted by Crippen LogP contribution is -2.56. The summed E-state index contributed by atoms with van der Waals surface area (Å²) >= 11 is 6.70. The number of carbonyl (C=O) groups excluding carboxylic acids is 1. The lowest BCUT2D eigenvalue weighted by molar-refractivity contribution is -0.137. The van der Waals surface area contributed by atoms with Gasteiger partial charge in [0.25, 0.3) is 0 Å². The fraction of sp³-hybridized carbons (Fsp3) is 0.615. The first-order valence-corrected chi connectivity index (χ1v) is 12.1. The number of aryl methyl sites for hydroxylation is 1. The highest BCUT2D eigenvalue weighted by Gasteiger charge is 2.45. The average molecular weight is 477 g/mol. The molecule has 2 aliphatic rings. The van der Waals surface area contributed by atoms with E-state index in [0.29, 0.717) is 16.9 Å². The number of nitrogens with zero attached hydrogens (tertiary/aromatic N) is 1. The molecule has 1 fully saturated rings. The summed E-state index contributed by atoms with van der Waals surface area (Å²) in [7, 11) is 1.72. The standard InChI is InChI=1S/C26H37ClN2O4/c1-25(2,3)10-8-18-6-7-20(14-22(18)27)26(4)21(19-12-17(13-19)16-33-5)15-29(24(32)28-26)11-9-23(30)31/h6-7,14-15,17,19H,8-13,16H2,1-5H3,(H,28,32)(H,30,31)/t17-,19+,26-/m0/s1. The van der Waals surface area contributed by atoms with Crippen LogP contribution in [0.5, 0.6) is 0 Å². The van der Waals surface area contributed by atoms with Crippen molar-refractivity contribution < 1.29 is 19.4 Å². The molecule has 0 saturated heterocycles. The van der Waals surface area contributed by atoms with Gasteiger partial charge in [-0.05, 0) is 72.6 Å². The number of carboxylic acids is 1. The Morgan fingerprint density at radius 1 is 1.33 bits per heavy atom. The molecule has 0 unspecified atom stereocenters. The van der Waals surface area contributed by atoms with E-state index < -0.39 is 11.5 Å². The van der Waals surface area contributed by atoms with Gasteiger partial charge < -0.3 is 20.1 Å². The zero-order valence-corrected chi connectivity index (χ0v) is 21.2. The smallest absolute Gasteiger partial charge is 0.322 e. The number of urea groups is 1. The summed E-state index contributed by atoms with van der Waals surface area (Å²) in [4.78, 5) is 25.5. The number of amides is 2. The summed E-state index contributed by atoms with van der Waals surface area (Å²) in [5.74, 6) is -0.131. The predicted octanol–water partition coefficient (Wildman–Crippen LogP) is 5.59. The van der Waals surface area contributed by atoms with Crippen molar-refractivity contribution in [1.82, 2.24) is 10.2 Å². The zero-order chi connectivity index (χ0) is 24.4. The van der Waals surface area contributed by atoms with Crippen LogP contribution in [0.4, 0.5) is 4.79 Å². The lowest BCUT2D eigenvalue weighted by atomic mass is 9.65. The maximum absolute atomic E-state index is 12.9. The van der Waals surface area contributed by atoms with Gasteiger partial charge in [0.2, 0.25) is 0 Å². The molecule has 0 spiro atoms. The molecule has 1 aromatic carbocycles. The van der Waals surface area contributed by atoms with Crippen LogP contribution in [0, 0.1) is 17.3 Å². The summed E-state index contributed by atoms with van der Waals surface area (Å²) in [6, 6.07) is 5.83. The first-order valence-electron chi connectivity index (χ1n) is 11.7. The van der Waals surface area contributed by atoms with Gasteiger partial charge in [-0.15, -0.1) is 0 Å². The Kier molecular flexibility index (Phi) is 7.80. The molecule has 1 aliphatic heterocycles. The second-order valence-electron chi connectivity index (χ2n) is 10.8. The number of hydrogen-bond acceptors (Lipinski definition) is 3. The molecule has 2 N–H and O–H groups in total. The van der Waals surface area contributed by atoms with Gasteiger partial charge in [-0.25, -0.2) is 4.79 Å². The van der Waals surface area contributed by atoms with E-state index in [1.54, 1.807) is 7.11 Å². The Morgan fingerprint density at radius 2 is 2.03 bits per heavy atom. The molecule has 0 aromatic heterocycles. The van der Waals surface area contributed by atoms with Gasteiger partial charge in [0, 0.05) is 31.5 Å². The molecule has 1 atom stereocenters. The van der Waals surface area contributed by atoms with Crippen molar-refractivity contribution in [1.29, 1.82) is 0 Å². The van der Waals surface area contributed by atoms with Gasteiger partial charge >= 0.3 is 12.0 Å². The second kappa shape index (κ2) is 10.1. The Balaban J connectivity index is 1.90. The molecule has 6 nitrogen and oxygen atoms in total. The minimum Gasteiger partial charge on any atom is -0.481 e. The van der Waals surface area contributed by atoms with Gasteiger partial charge in [0.15, 0.2) is 0 Å². The number of methoxy groups -OCH3 is 1. The third-order valence-corrected chi connectivity index (χ3v) is 7.26. The summed E-state index contributed by atoms with van der Waals surface area (Å²) in [6.07, 6.45) is 5.67. The normalized spacial score (nSPS) is 25.3. The summed E-state index contributed by atoms with van der Waals surface area (Å²) in [5.41, 5.74) is 2.67. The van der Waals surface area contributed by atoms with Crippen molar-refractivity contribution in [3.63, 3.8) is 0 Å². The van der Waals surface area contributed by atoms with Gasteiger partial charge in [0.1, 0.15) is 0 Å². The van der Waals surface area contributed by atoms with Crippen LogP contribution in [0.25, 0.3) is 0 Å². The van der Waals surface area contributed by atoms with Crippen molar-refractivity contribution in [2.24, 2.45) is 17.3 Å².